The number of hydrogen-bond donors (Lipinski definition) is 2. The van der Waals surface area contributed by atoms with Gasteiger partial charge in [-0.2, -0.15) is 0 Å². The zero-order valence-corrected chi connectivity index (χ0v) is 14.3. The summed E-state index contributed by atoms with van der Waals surface area (Å²) in [6, 6.07) is 10.5. The summed E-state index contributed by atoms with van der Waals surface area (Å²) >= 11 is 11.4. The molecule has 0 radical (unpaired) electrons. The number of nitrogens with two attached hydrogens (primary N) is 1. The maximum absolute atomic E-state index is 10.7. The van der Waals surface area contributed by atoms with Gasteiger partial charge in [-0.3, -0.25) is 10.5 Å². The average molecular weight is 371 g/mol. The zero-order chi connectivity index (χ0) is 17.7. The minimum absolute atomic E-state index is 0.196. The minimum Gasteiger partial charge on any atom is -0.496 e. The molecule has 0 amide bonds. The molecule has 2 heterocycles. The minimum atomic E-state index is -1.40. The Morgan fingerprint density at radius 1 is 1.38 bits per heavy atom. The number of aromatic nitrogens is 1. The van der Waals surface area contributed by atoms with Crippen LogP contribution in [0.15, 0.2) is 42.6 Å². The van der Waals surface area contributed by atoms with Gasteiger partial charge >= 0.3 is 5.97 Å². The van der Waals surface area contributed by atoms with Gasteiger partial charge in [0.25, 0.3) is 0 Å². The van der Waals surface area contributed by atoms with E-state index in [2.05, 4.69) is 4.98 Å². The molecule has 0 fully saturated rings. The SMILES string of the molecule is COc1ccccc1C(N)(Cl)Cl.O=C(O)C1COc2ncccc21. The summed E-state index contributed by atoms with van der Waals surface area (Å²) in [6.07, 6.45) is 1.59. The highest BCUT2D eigenvalue weighted by atomic mass is 35.5. The summed E-state index contributed by atoms with van der Waals surface area (Å²) in [5, 5.41) is 8.75. The van der Waals surface area contributed by atoms with Gasteiger partial charge in [-0.15, -0.1) is 0 Å². The molecule has 0 bridgehead atoms. The van der Waals surface area contributed by atoms with E-state index in [4.69, 9.17) is 43.5 Å². The number of rotatable bonds is 3. The van der Waals surface area contributed by atoms with Crippen molar-refractivity contribution in [2.45, 2.75) is 10.4 Å². The van der Waals surface area contributed by atoms with Gasteiger partial charge in [-0.05, 0) is 12.1 Å². The molecular weight excluding hydrogens is 355 g/mol. The molecule has 0 saturated carbocycles. The molecule has 3 N–H and O–H groups in total. The van der Waals surface area contributed by atoms with Crippen molar-refractivity contribution < 1.29 is 19.4 Å². The number of pyridine rings is 1. The van der Waals surface area contributed by atoms with Gasteiger partial charge < -0.3 is 14.6 Å². The van der Waals surface area contributed by atoms with Crippen LogP contribution in [0.2, 0.25) is 0 Å². The Balaban J connectivity index is 0.000000174. The number of carboxylic acids is 1. The molecule has 1 aliphatic heterocycles. The quantitative estimate of drug-likeness (QED) is 0.637. The van der Waals surface area contributed by atoms with E-state index in [1.54, 1.807) is 43.6 Å². The van der Waals surface area contributed by atoms with Crippen LogP contribution in [0.4, 0.5) is 0 Å². The van der Waals surface area contributed by atoms with Gasteiger partial charge in [0.1, 0.15) is 18.3 Å². The number of nitrogens with zero attached hydrogens (tertiary/aromatic N) is 1. The van der Waals surface area contributed by atoms with Gasteiger partial charge in [-0.25, -0.2) is 4.98 Å². The first kappa shape index (κ1) is 18.3. The molecule has 6 nitrogen and oxygen atoms in total. The van der Waals surface area contributed by atoms with E-state index >= 15 is 0 Å². The number of halogens is 2. The van der Waals surface area contributed by atoms with Crippen LogP contribution in [0.25, 0.3) is 0 Å². The van der Waals surface area contributed by atoms with Crippen LogP contribution in [0, 0.1) is 0 Å². The zero-order valence-electron chi connectivity index (χ0n) is 12.8. The number of hydrogen-bond acceptors (Lipinski definition) is 5. The fraction of sp³-hybridized carbons (Fsp3) is 0.250. The van der Waals surface area contributed by atoms with E-state index in [-0.39, 0.29) is 6.61 Å². The number of carbonyl (C=O) groups is 1. The lowest BCUT2D eigenvalue weighted by Crippen LogP contribution is -2.22. The normalized spacial score (nSPS) is 15.6. The Kier molecular flexibility index (Phi) is 5.88. The molecule has 0 aliphatic carbocycles. The topological polar surface area (TPSA) is 94.7 Å². The first-order chi connectivity index (χ1) is 11.3. The van der Waals surface area contributed by atoms with Crippen molar-refractivity contribution in [2.24, 2.45) is 5.73 Å². The third kappa shape index (κ3) is 4.29. The third-order valence-electron chi connectivity index (χ3n) is 3.33. The Morgan fingerprint density at radius 3 is 2.67 bits per heavy atom. The fourth-order valence-electron chi connectivity index (χ4n) is 2.17. The number of carboxylic acid groups (broad SMARTS) is 1. The lowest BCUT2D eigenvalue weighted by Gasteiger charge is -2.16. The van der Waals surface area contributed by atoms with Crippen LogP contribution in [-0.4, -0.2) is 29.8 Å². The summed E-state index contributed by atoms with van der Waals surface area (Å²) < 4.78 is 8.71. The van der Waals surface area contributed by atoms with Crippen molar-refractivity contribution in [3.05, 3.63) is 53.7 Å². The van der Waals surface area contributed by atoms with Gasteiger partial charge in [0, 0.05) is 17.3 Å². The van der Waals surface area contributed by atoms with E-state index in [1.807, 2.05) is 6.07 Å². The molecule has 1 unspecified atom stereocenters. The molecule has 1 atom stereocenters. The molecule has 1 aromatic carbocycles. The second-order valence-electron chi connectivity index (χ2n) is 4.92. The lowest BCUT2D eigenvalue weighted by atomic mass is 10.0. The van der Waals surface area contributed by atoms with Crippen molar-refractivity contribution in [2.75, 3.05) is 13.7 Å². The largest absolute Gasteiger partial charge is 0.496 e. The smallest absolute Gasteiger partial charge is 0.314 e. The average Bonchev–Trinajstić information content (AvgIpc) is 2.99. The number of aliphatic carboxylic acids is 1. The van der Waals surface area contributed by atoms with Gasteiger partial charge in [-0.1, -0.05) is 47.5 Å². The summed E-state index contributed by atoms with van der Waals surface area (Å²) in [5.74, 6) is -0.370. The summed E-state index contributed by atoms with van der Waals surface area (Å²) in [6.45, 7) is 0.196. The first-order valence-corrected chi connectivity index (χ1v) is 7.71. The van der Waals surface area contributed by atoms with Crippen LogP contribution in [0.5, 0.6) is 11.6 Å². The maximum Gasteiger partial charge on any atom is 0.314 e. The van der Waals surface area contributed by atoms with Crippen LogP contribution >= 0.6 is 23.2 Å². The molecule has 8 heteroatoms. The van der Waals surface area contributed by atoms with E-state index < -0.39 is 16.3 Å². The highest BCUT2D eigenvalue weighted by Crippen LogP contribution is 2.34. The first-order valence-electron chi connectivity index (χ1n) is 6.95. The van der Waals surface area contributed by atoms with Crippen LogP contribution in [0.3, 0.4) is 0 Å². The maximum atomic E-state index is 10.7. The summed E-state index contributed by atoms with van der Waals surface area (Å²) in [5.41, 5.74) is 6.72. The number of fused-ring (bicyclic) bond motifs is 1. The fourth-order valence-corrected chi connectivity index (χ4v) is 2.48. The van der Waals surface area contributed by atoms with Crippen LogP contribution in [0.1, 0.15) is 17.0 Å². The molecule has 1 aliphatic rings. The summed E-state index contributed by atoms with van der Waals surface area (Å²) in [7, 11) is 1.54. The molecule has 2 aromatic rings. The highest BCUT2D eigenvalue weighted by Gasteiger charge is 2.30. The second kappa shape index (κ2) is 7.70. The molecule has 128 valence electrons. The van der Waals surface area contributed by atoms with E-state index in [1.165, 1.54) is 0 Å². The van der Waals surface area contributed by atoms with Crippen molar-refractivity contribution in [3.8, 4) is 11.6 Å². The number of ether oxygens (including phenoxy) is 2. The third-order valence-corrected chi connectivity index (χ3v) is 3.73. The molecule has 3 rings (SSSR count). The van der Waals surface area contributed by atoms with Crippen molar-refractivity contribution in [3.63, 3.8) is 0 Å². The Hall–Kier alpha value is -2.02. The number of para-hydroxylation sites is 1. The number of alkyl halides is 2. The molecule has 0 spiro atoms. The predicted molar refractivity (Wildman–Crippen MR) is 90.7 cm³/mol. The van der Waals surface area contributed by atoms with Gasteiger partial charge in [0.05, 0.1) is 7.11 Å². The Bertz CT molecular complexity index is 719. The van der Waals surface area contributed by atoms with E-state index in [0.29, 0.717) is 22.8 Å². The second-order valence-corrected chi connectivity index (χ2v) is 6.31. The number of methoxy groups -OCH3 is 1. The standard InChI is InChI=1S/C8H9Cl2NO.C8H7NO3/c1-12-7-5-3-2-4-6(7)8(9,10)11;10-8(11)6-4-12-7-5(6)2-1-3-9-7/h2-5H,11H2,1H3;1-3,6H,4H2,(H,10,11). The molecule has 24 heavy (non-hydrogen) atoms. The van der Waals surface area contributed by atoms with Crippen LogP contribution in [-0.2, 0) is 9.25 Å². The van der Waals surface area contributed by atoms with E-state index in [9.17, 15) is 4.79 Å². The summed E-state index contributed by atoms with van der Waals surface area (Å²) in [4.78, 5) is 14.6. The Labute approximate surface area is 149 Å². The van der Waals surface area contributed by atoms with Gasteiger partial charge in [0.2, 0.25) is 5.88 Å². The van der Waals surface area contributed by atoms with Gasteiger partial charge in [0.15, 0.2) is 4.46 Å². The van der Waals surface area contributed by atoms with E-state index in [0.717, 1.165) is 0 Å². The monoisotopic (exact) mass is 370 g/mol. The molecule has 0 saturated heterocycles. The number of benzene rings is 1. The lowest BCUT2D eigenvalue weighted by molar-refractivity contribution is -0.138. The van der Waals surface area contributed by atoms with Crippen molar-refractivity contribution in [1.82, 2.24) is 4.98 Å². The van der Waals surface area contributed by atoms with Crippen LogP contribution < -0.4 is 15.2 Å². The molecule has 1 aromatic heterocycles. The molecular formula is C16H16Cl2N2O4. The van der Waals surface area contributed by atoms with Crippen molar-refractivity contribution in [1.29, 1.82) is 0 Å². The van der Waals surface area contributed by atoms with Crippen molar-refractivity contribution >= 4 is 29.2 Å². The predicted octanol–water partition coefficient (Wildman–Crippen LogP) is 2.88. The Morgan fingerprint density at radius 2 is 2.08 bits per heavy atom. The highest BCUT2D eigenvalue weighted by molar-refractivity contribution is 6.47.